The topological polar surface area (TPSA) is 12.4 Å². The smallest absolute Gasteiger partial charge is 0.115 e. The monoisotopic (exact) mass is 155 g/mol. The summed E-state index contributed by atoms with van der Waals surface area (Å²) in [5.74, 6) is 0. The lowest BCUT2D eigenvalue weighted by Crippen LogP contribution is -1.63. The minimum atomic E-state index is 0.996. The fourth-order valence-electron chi connectivity index (χ4n) is 0.447. The molecule has 0 saturated heterocycles. The van der Waals surface area contributed by atoms with Gasteiger partial charge in [-0.15, -0.1) is 11.3 Å². The van der Waals surface area contributed by atoms with Crippen molar-refractivity contribution < 1.29 is 0 Å². The lowest BCUT2D eigenvalue weighted by Gasteiger charge is -1.76. The highest BCUT2D eigenvalue weighted by atomic mass is 32.1. The lowest BCUT2D eigenvalue weighted by molar-refractivity contribution is 1.68. The molecule has 0 aliphatic heterocycles. The van der Waals surface area contributed by atoms with Gasteiger partial charge in [-0.05, 0) is 17.5 Å². The van der Waals surface area contributed by atoms with E-state index in [1.54, 1.807) is 17.6 Å². The van der Waals surface area contributed by atoms with Crippen LogP contribution in [-0.2, 0) is 0 Å². The van der Waals surface area contributed by atoms with Crippen molar-refractivity contribution in [2.75, 3.05) is 0 Å². The Hall–Kier alpha value is -0.540. The highest BCUT2D eigenvalue weighted by Gasteiger charge is 1.82. The summed E-state index contributed by atoms with van der Waals surface area (Å²) in [6.07, 6.45) is 1.61. The third kappa shape index (κ3) is 2.03. The number of thiophene rings is 1. The van der Waals surface area contributed by atoms with Gasteiger partial charge in [0.05, 0.1) is 0 Å². The van der Waals surface area contributed by atoms with Gasteiger partial charge in [-0.2, -0.15) is 0 Å². The van der Waals surface area contributed by atoms with Crippen molar-refractivity contribution in [1.29, 1.82) is 0 Å². The summed E-state index contributed by atoms with van der Waals surface area (Å²) >= 11 is 6.15. The van der Waals surface area contributed by atoms with Gasteiger partial charge in [-0.1, -0.05) is 12.2 Å². The van der Waals surface area contributed by atoms with Crippen molar-refractivity contribution in [3.63, 3.8) is 0 Å². The molecular formula is C6H5NS2. The van der Waals surface area contributed by atoms with Crippen LogP contribution in [0.2, 0.25) is 0 Å². The fourth-order valence-corrected chi connectivity index (χ4v) is 1.08. The predicted molar refractivity (Wildman–Crippen MR) is 46.1 cm³/mol. The number of thiocarbonyl (C=S) groups is 1. The average molecular weight is 155 g/mol. The molecule has 1 nitrogen and oxygen atoms in total. The van der Waals surface area contributed by atoms with Gasteiger partial charge in [-0.3, -0.25) is 0 Å². The zero-order valence-corrected chi connectivity index (χ0v) is 6.28. The Labute approximate surface area is 63.1 Å². The SMILES string of the molecule is S=CC=Nc1cccs1. The minimum absolute atomic E-state index is 0.996. The Morgan fingerprint density at radius 1 is 1.67 bits per heavy atom. The van der Waals surface area contributed by atoms with E-state index >= 15 is 0 Å². The Morgan fingerprint density at radius 2 is 2.56 bits per heavy atom. The molecule has 0 saturated carbocycles. The maximum absolute atomic E-state index is 4.56. The third-order valence-electron chi connectivity index (χ3n) is 0.769. The van der Waals surface area contributed by atoms with Gasteiger partial charge in [0.25, 0.3) is 0 Å². The van der Waals surface area contributed by atoms with Crippen molar-refractivity contribution in [3.8, 4) is 0 Å². The van der Waals surface area contributed by atoms with Crippen molar-refractivity contribution in [2.45, 2.75) is 0 Å². The van der Waals surface area contributed by atoms with Gasteiger partial charge in [-0.25, -0.2) is 4.99 Å². The van der Waals surface area contributed by atoms with Gasteiger partial charge in [0.15, 0.2) is 0 Å². The zero-order chi connectivity index (χ0) is 6.53. The van der Waals surface area contributed by atoms with E-state index in [2.05, 4.69) is 17.2 Å². The molecule has 1 heterocycles. The quantitative estimate of drug-likeness (QED) is 0.472. The van der Waals surface area contributed by atoms with E-state index in [0.717, 1.165) is 5.00 Å². The second-order valence-corrected chi connectivity index (χ2v) is 2.56. The summed E-state index contributed by atoms with van der Waals surface area (Å²) < 4.78 is 0. The first-order valence-corrected chi connectivity index (χ1v) is 3.80. The number of hydrogen-bond donors (Lipinski definition) is 0. The van der Waals surface area contributed by atoms with E-state index in [0.29, 0.717) is 0 Å². The van der Waals surface area contributed by atoms with Crippen molar-refractivity contribution >= 4 is 40.1 Å². The van der Waals surface area contributed by atoms with Crippen molar-refractivity contribution in [1.82, 2.24) is 0 Å². The number of rotatable bonds is 2. The molecule has 0 spiro atoms. The summed E-state index contributed by atoms with van der Waals surface area (Å²) in [6, 6.07) is 3.90. The number of nitrogens with zero attached hydrogens (tertiary/aromatic N) is 1. The second kappa shape index (κ2) is 3.48. The van der Waals surface area contributed by atoms with Crippen LogP contribution in [0.15, 0.2) is 22.5 Å². The van der Waals surface area contributed by atoms with Crippen molar-refractivity contribution in [3.05, 3.63) is 17.5 Å². The first-order valence-electron chi connectivity index (χ1n) is 2.45. The maximum Gasteiger partial charge on any atom is 0.115 e. The summed E-state index contributed by atoms with van der Waals surface area (Å²) in [5, 5.41) is 4.48. The Morgan fingerprint density at radius 3 is 3.11 bits per heavy atom. The first-order chi connectivity index (χ1) is 4.43. The van der Waals surface area contributed by atoms with Crippen LogP contribution >= 0.6 is 23.6 Å². The van der Waals surface area contributed by atoms with Crippen LogP contribution in [0, 0.1) is 0 Å². The molecule has 3 heteroatoms. The van der Waals surface area contributed by atoms with Gasteiger partial charge in [0, 0.05) is 11.6 Å². The molecule has 0 radical (unpaired) electrons. The molecule has 0 N–H and O–H groups in total. The first kappa shape index (κ1) is 6.58. The molecule has 1 aromatic rings. The van der Waals surface area contributed by atoms with E-state index in [9.17, 15) is 0 Å². The largest absolute Gasteiger partial charge is 0.245 e. The molecule has 0 unspecified atom stereocenters. The Balaban J connectivity index is 2.67. The van der Waals surface area contributed by atoms with Crippen LogP contribution in [0.25, 0.3) is 0 Å². The van der Waals surface area contributed by atoms with E-state index < -0.39 is 0 Å². The summed E-state index contributed by atoms with van der Waals surface area (Å²) in [4.78, 5) is 4.02. The summed E-state index contributed by atoms with van der Waals surface area (Å²) in [7, 11) is 0. The highest BCUT2D eigenvalue weighted by molar-refractivity contribution is 7.80. The number of aliphatic imine (C=N–C) groups is 1. The average Bonchev–Trinajstić information content (AvgIpc) is 2.34. The van der Waals surface area contributed by atoms with E-state index in [-0.39, 0.29) is 0 Å². The van der Waals surface area contributed by atoms with Gasteiger partial charge >= 0.3 is 0 Å². The van der Waals surface area contributed by atoms with Gasteiger partial charge in [0.2, 0.25) is 0 Å². The van der Waals surface area contributed by atoms with Crippen LogP contribution in [0.4, 0.5) is 5.00 Å². The molecule has 0 atom stereocenters. The normalized spacial score (nSPS) is 10.2. The molecule has 0 aliphatic carbocycles. The summed E-state index contributed by atoms with van der Waals surface area (Å²) in [5.41, 5.74) is 0. The second-order valence-electron chi connectivity index (χ2n) is 1.37. The fraction of sp³-hybridized carbons (Fsp3) is 0. The highest BCUT2D eigenvalue weighted by Crippen LogP contribution is 2.17. The maximum atomic E-state index is 4.56. The van der Waals surface area contributed by atoms with Crippen LogP contribution in [0.1, 0.15) is 0 Å². The summed E-state index contributed by atoms with van der Waals surface area (Å²) in [6.45, 7) is 0. The predicted octanol–water partition coefficient (Wildman–Crippen LogP) is 2.45. The molecule has 0 bridgehead atoms. The molecular weight excluding hydrogens is 150 g/mol. The molecule has 46 valence electrons. The molecule has 1 aromatic heterocycles. The van der Waals surface area contributed by atoms with E-state index in [1.165, 1.54) is 5.37 Å². The van der Waals surface area contributed by atoms with Gasteiger partial charge in [0.1, 0.15) is 5.00 Å². The van der Waals surface area contributed by atoms with Crippen LogP contribution in [0.3, 0.4) is 0 Å². The number of hydrogen-bond acceptors (Lipinski definition) is 3. The molecule has 1 rings (SSSR count). The Kier molecular flexibility index (Phi) is 2.54. The molecule has 0 amide bonds. The van der Waals surface area contributed by atoms with Crippen LogP contribution < -0.4 is 0 Å². The zero-order valence-electron chi connectivity index (χ0n) is 4.65. The van der Waals surface area contributed by atoms with Gasteiger partial charge < -0.3 is 0 Å². The minimum Gasteiger partial charge on any atom is -0.245 e. The van der Waals surface area contributed by atoms with E-state index in [1.807, 2.05) is 17.5 Å². The lowest BCUT2D eigenvalue weighted by atomic mass is 10.6. The van der Waals surface area contributed by atoms with Crippen LogP contribution in [0.5, 0.6) is 0 Å². The Bertz CT molecular complexity index is 201. The standard InChI is InChI=1S/C6H5NS2/c8-4-3-7-6-2-1-5-9-6/h1-5H. The molecule has 0 aliphatic rings. The third-order valence-corrected chi connectivity index (χ3v) is 1.67. The van der Waals surface area contributed by atoms with E-state index in [4.69, 9.17) is 0 Å². The van der Waals surface area contributed by atoms with Crippen molar-refractivity contribution in [2.24, 2.45) is 4.99 Å². The van der Waals surface area contributed by atoms with Crippen LogP contribution in [-0.4, -0.2) is 11.6 Å². The molecule has 9 heavy (non-hydrogen) atoms. The molecule has 0 fully saturated rings. The molecule has 0 aromatic carbocycles.